The lowest BCUT2D eigenvalue weighted by Gasteiger charge is -2.17. The number of aromatic nitrogens is 2. The first kappa shape index (κ1) is 11.2. The van der Waals surface area contributed by atoms with Crippen LogP contribution in [0.2, 0.25) is 0 Å². The highest BCUT2D eigenvalue weighted by molar-refractivity contribution is 7.08. The molecule has 2 aromatic rings. The lowest BCUT2D eigenvalue weighted by atomic mass is 10.0. The van der Waals surface area contributed by atoms with Crippen molar-refractivity contribution in [2.24, 2.45) is 0 Å². The van der Waals surface area contributed by atoms with Crippen LogP contribution in [-0.4, -0.2) is 16.7 Å². The van der Waals surface area contributed by atoms with Crippen LogP contribution < -0.4 is 5.32 Å². The second-order valence-corrected chi connectivity index (χ2v) is 4.40. The molecule has 2 aromatic heterocycles. The molecule has 0 aromatic carbocycles. The molecule has 0 spiro atoms. The van der Waals surface area contributed by atoms with E-state index in [-0.39, 0.29) is 6.04 Å². The van der Waals surface area contributed by atoms with Gasteiger partial charge in [0, 0.05) is 6.20 Å². The summed E-state index contributed by atoms with van der Waals surface area (Å²) in [5.41, 5.74) is 2.47. The normalized spacial score (nSPS) is 12.6. The van der Waals surface area contributed by atoms with Gasteiger partial charge in [-0.25, -0.2) is 0 Å². The molecule has 1 N–H and O–H groups in total. The molecular formula is C12H15N3S. The third kappa shape index (κ3) is 2.65. The fraction of sp³-hybridized carbons (Fsp3) is 0.333. The molecule has 1 unspecified atom stereocenters. The third-order valence-electron chi connectivity index (χ3n) is 2.42. The lowest BCUT2D eigenvalue weighted by molar-refractivity contribution is 0.597. The maximum absolute atomic E-state index is 3.94. The Morgan fingerprint density at radius 2 is 2.25 bits per heavy atom. The first-order valence-corrected chi connectivity index (χ1v) is 6.38. The average molecular weight is 233 g/mol. The van der Waals surface area contributed by atoms with Crippen LogP contribution in [0, 0.1) is 0 Å². The van der Waals surface area contributed by atoms with Gasteiger partial charge in [-0.3, -0.25) is 0 Å². The summed E-state index contributed by atoms with van der Waals surface area (Å²) >= 11 is 1.72. The fourth-order valence-electron chi connectivity index (χ4n) is 1.63. The lowest BCUT2D eigenvalue weighted by Crippen LogP contribution is -2.22. The maximum Gasteiger partial charge on any atom is 0.0601 e. The summed E-state index contributed by atoms with van der Waals surface area (Å²) in [7, 11) is 0. The molecule has 0 aliphatic carbocycles. The smallest absolute Gasteiger partial charge is 0.0601 e. The minimum absolute atomic E-state index is 0.238. The van der Waals surface area contributed by atoms with Crippen molar-refractivity contribution in [1.82, 2.24) is 15.5 Å². The van der Waals surface area contributed by atoms with E-state index in [1.54, 1.807) is 17.5 Å². The second kappa shape index (κ2) is 5.72. The number of nitrogens with one attached hydrogen (secondary N) is 1. The Bertz CT molecular complexity index is 399. The average Bonchev–Trinajstić information content (AvgIpc) is 2.85. The van der Waals surface area contributed by atoms with Crippen LogP contribution in [0.5, 0.6) is 0 Å². The molecule has 0 bridgehead atoms. The molecule has 0 radical (unpaired) electrons. The van der Waals surface area contributed by atoms with Gasteiger partial charge in [0.05, 0.1) is 12.2 Å². The molecule has 2 heterocycles. The third-order valence-corrected chi connectivity index (χ3v) is 3.12. The summed E-state index contributed by atoms with van der Waals surface area (Å²) < 4.78 is 0. The van der Waals surface area contributed by atoms with Gasteiger partial charge in [-0.1, -0.05) is 6.92 Å². The van der Waals surface area contributed by atoms with E-state index in [0.29, 0.717) is 0 Å². The predicted molar refractivity (Wildman–Crippen MR) is 66.5 cm³/mol. The van der Waals surface area contributed by atoms with Crippen LogP contribution in [0.3, 0.4) is 0 Å². The van der Waals surface area contributed by atoms with Gasteiger partial charge >= 0.3 is 0 Å². The summed E-state index contributed by atoms with van der Waals surface area (Å²) in [6.07, 6.45) is 4.69. The number of rotatable bonds is 5. The van der Waals surface area contributed by atoms with E-state index in [4.69, 9.17) is 0 Å². The van der Waals surface area contributed by atoms with Gasteiger partial charge in [0.1, 0.15) is 0 Å². The highest BCUT2D eigenvalue weighted by Crippen LogP contribution is 2.22. The fourth-order valence-corrected chi connectivity index (χ4v) is 2.31. The van der Waals surface area contributed by atoms with Gasteiger partial charge in [-0.2, -0.15) is 21.5 Å². The topological polar surface area (TPSA) is 37.8 Å². The molecule has 0 fully saturated rings. The van der Waals surface area contributed by atoms with Crippen molar-refractivity contribution >= 4 is 11.3 Å². The number of thiophene rings is 1. The molecule has 0 saturated carbocycles. The first-order valence-electron chi connectivity index (χ1n) is 5.44. The van der Waals surface area contributed by atoms with Gasteiger partial charge in [-0.15, -0.1) is 0 Å². The molecule has 4 heteroatoms. The number of hydrogen-bond acceptors (Lipinski definition) is 4. The molecule has 3 nitrogen and oxygen atoms in total. The molecule has 16 heavy (non-hydrogen) atoms. The van der Waals surface area contributed by atoms with Crippen molar-refractivity contribution in [2.75, 3.05) is 6.54 Å². The van der Waals surface area contributed by atoms with Crippen molar-refractivity contribution in [3.8, 4) is 0 Å². The monoisotopic (exact) mass is 233 g/mol. The van der Waals surface area contributed by atoms with Crippen molar-refractivity contribution in [3.05, 3.63) is 46.4 Å². The first-order chi connectivity index (χ1) is 7.92. The second-order valence-electron chi connectivity index (χ2n) is 3.62. The van der Waals surface area contributed by atoms with E-state index < -0.39 is 0 Å². The Kier molecular flexibility index (Phi) is 4.02. The molecule has 1 atom stereocenters. The molecule has 0 amide bonds. The van der Waals surface area contributed by atoms with Crippen LogP contribution in [0.15, 0.2) is 35.3 Å². The zero-order valence-electron chi connectivity index (χ0n) is 9.26. The Morgan fingerprint density at radius 1 is 1.31 bits per heavy atom. The largest absolute Gasteiger partial charge is 0.306 e. The summed E-state index contributed by atoms with van der Waals surface area (Å²) in [6, 6.07) is 4.40. The van der Waals surface area contributed by atoms with Crippen LogP contribution >= 0.6 is 11.3 Å². The maximum atomic E-state index is 3.94. The Balaban J connectivity index is 2.21. The zero-order chi connectivity index (χ0) is 11.2. The van der Waals surface area contributed by atoms with Gasteiger partial charge < -0.3 is 5.32 Å². The molecule has 0 saturated heterocycles. The van der Waals surface area contributed by atoms with Crippen LogP contribution in [0.25, 0.3) is 0 Å². The van der Waals surface area contributed by atoms with Gasteiger partial charge in [0.15, 0.2) is 0 Å². The zero-order valence-corrected chi connectivity index (χ0v) is 10.1. The summed E-state index contributed by atoms with van der Waals surface area (Å²) in [5, 5.41) is 15.6. The number of hydrogen-bond donors (Lipinski definition) is 1. The quantitative estimate of drug-likeness (QED) is 0.862. The van der Waals surface area contributed by atoms with E-state index >= 15 is 0 Å². The molecular weight excluding hydrogens is 218 g/mol. The van der Waals surface area contributed by atoms with Crippen molar-refractivity contribution in [3.63, 3.8) is 0 Å². The Labute approximate surface area is 99.5 Å². The van der Waals surface area contributed by atoms with E-state index in [1.165, 1.54) is 11.1 Å². The van der Waals surface area contributed by atoms with Crippen LogP contribution in [0.4, 0.5) is 0 Å². The SMILES string of the molecule is CCCNC(c1ccnnc1)c1ccsc1. The van der Waals surface area contributed by atoms with E-state index in [0.717, 1.165) is 13.0 Å². The highest BCUT2D eigenvalue weighted by Gasteiger charge is 2.13. The van der Waals surface area contributed by atoms with E-state index in [2.05, 4.69) is 39.3 Å². The van der Waals surface area contributed by atoms with Gasteiger partial charge in [-0.05, 0) is 47.0 Å². The summed E-state index contributed by atoms with van der Waals surface area (Å²) in [5.74, 6) is 0. The van der Waals surface area contributed by atoms with Crippen molar-refractivity contribution in [1.29, 1.82) is 0 Å². The van der Waals surface area contributed by atoms with Crippen molar-refractivity contribution in [2.45, 2.75) is 19.4 Å². The Morgan fingerprint density at radius 3 is 2.88 bits per heavy atom. The van der Waals surface area contributed by atoms with E-state index in [9.17, 15) is 0 Å². The molecule has 2 rings (SSSR count). The Hall–Kier alpha value is -1.26. The minimum Gasteiger partial charge on any atom is -0.306 e. The molecule has 84 valence electrons. The van der Waals surface area contributed by atoms with Gasteiger partial charge in [0.2, 0.25) is 0 Å². The standard InChI is InChI=1S/C12H15N3S/c1-2-5-13-12(11-4-7-16-9-11)10-3-6-14-15-8-10/h3-4,6-9,12-13H,2,5H2,1H3. The molecule has 0 aliphatic heterocycles. The van der Waals surface area contributed by atoms with E-state index in [1.807, 2.05) is 12.3 Å². The summed E-state index contributed by atoms with van der Waals surface area (Å²) in [6.45, 7) is 3.17. The molecule has 0 aliphatic rings. The van der Waals surface area contributed by atoms with Crippen LogP contribution in [0.1, 0.15) is 30.5 Å². The number of nitrogens with zero attached hydrogens (tertiary/aromatic N) is 2. The predicted octanol–water partition coefficient (Wildman–Crippen LogP) is 2.63. The van der Waals surface area contributed by atoms with Crippen LogP contribution in [-0.2, 0) is 0 Å². The highest BCUT2D eigenvalue weighted by atomic mass is 32.1. The summed E-state index contributed by atoms with van der Waals surface area (Å²) in [4.78, 5) is 0. The minimum atomic E-state index is 0.238. The van der Waals surface area contributed by atoms with Crippen molar-refractivity contribution < 1.29 is 0 Å². The van der Waals surface area contributed by atoms with Gasteiger partial charge in [0.25, 0.3) is 0 Å².